The van der Waals surface area contributed by atoms with Gasteiger partial charge in [-0.15, -0.1) is 0 Å². The van der Waals surface area contributed by atoms with E-state index in [1.165, 1.54) is 23.7 Å². The summed E-state index contributed by atoms with van der Waals surface area (Å²) in [5.74, 6) is -0.269. The van der Waals surface area contributed by atoms with Gasteiger partial charge in [0.05, 0.1) is 7.05 Å². The van der Waals surface area contributed by atoms with Gasteiger partial charge < -0.3 is 20.3 Å². The first-order valence-corrected chi connectivity index (χ1v) is 6.99. The van der Waals surface area contributed by atoms with Crippen LogP contribution in [-0.2, 0) is 7.05 Å². The van der Waals surface area contributed by atoms with Crippen LogP contribution < -0.4 is 5.32 Å². The number of hydrogen-bond donors (Lipinski definition) is 1. The molecule has 1 saturated heterocycles. The summed E-state index contributed by atoms with van der Waals surface area (Å²) >= 11 is 0. The first-order chi connectivity index (χ1) is 10.0. The molecule has 1 fully saturated rings. The molecule has 1 N–H and O–H groups in total. The van der Waals surface area contributed by atoms with Crippen molar-refractivity contribution in [1.82, 2.24) is 19.7 Å². The van der Waals surface area contributed by atoms with E-state index in [0.29, 0.717) is 12.2 Å². The summed E-state index contributed by atoms with van der Waals surface area (Å²) in [6.45, 7) is 5.34. The van der Waals surface area contributed by atoms with Gasteiger partial charge in [0, 0.05) is 52.4 Å². The molecule has 1 aliphatic rings. The molecule has 0 aliphatic carbocycles. The van der Waals surface area contributed by atoms with Gasteiger partial charge in [-0.05, 0) is 11.0 Å². The van der Waals surface area contributed by atoms with Gasteiger partial charge in [-0.2, -0.15) is 0 Å². The molecule has 2 heterocycles. The SMILES string of the molecule is CN(CCN1CCNCC1)C(=O)c1ccc([N+](=O)[O-])n1C. The van der Waals surface area contributed by atoms with Crippen LogP contribution in [0.3, 0.4) is 0 Å². The Kier molecular flexibility index (Phi) is 4.92. The smallest absolute Gasteiger partial charge is 0.323 e. The number of nitrogens with zero attached hydrogens (tertiary/aromatic N) is 4. The first kappa shape index (κ1) is 15.5. The zero-order chi connectivity index (χ0) is 15.4. The summed E-state index contributed by atoms with van der Waals surface area (Å²) < 4.78 is 1.32. The van der Waals surface area contributed by atoms with Crippen molar-refractivity contribution in [2.45, 2.75) is 0 Å². The van der Waals surface area contributed by atoms with Crippen LogP contribution in [-0.4, -0.2) is 71.5 Å². The van der Waals surface area contributed by atoms with Gasteiger partial charge in [0.25, 0.3) is 5.91 Å². The Morgan fingerprint density at radius 3 is 2.67 bits per heavy atom. The zero-order valence-electron chi connectivity index (χ0n) is 12.4. The van der Waals surface area contributed by atoms with Crippen molar-refractivity contribution in [3.05, 3.63) is 27.9 Å². The molecule has 0 atom stereocenters. The number of hydrogen-bond acceptors (Lipinski definition) is 5. The number of carbonyl (C=O) groups is 1. The lowest BCUT2D eigenvalue weighted by atomic mass is 10.3. The molecule has 0 bridgehead atoms. The standard InChI is InChI=1S/C13H21N5O3/c1-15(9-10-17-7-5-14-6-8-17)13(19)11-3-4-12(16(11)2)18(20)21/h3-4,14H,5-10H2,1-2H3. The minimum Gasteiger partial charge on any atom is -0.358 e. The molecule has 1 aliphatic heterocycles. The van der Waals surface area contributed by atoms with Crippen LogP contribution in [0.4, 0.5) is 5.82 Å². The largest absolute Gasteiger partial charge is 0.358 e. The van der Waals surface area contributed by atoms with E-state index >= 15 is 0 Å². The molecule has 0 saturated carbocycles. The number of likely N-dealkylation sites (N-methyl/N-ethyl adjacent to an activating group) is 1. The molecule has 0 spiro atoms. The number of nitrogens with one attached hydrogen (secondary N) is 1. The monoisotopic (exact) mass is 295 g/mol. The van der Waals surface area contributed by atoms with Crippen LogP contribution >= 0.6 is 0 Å². The van der Waals surface area contributed by atoms with E-state index < -0.39 is 4.92 Å². The van der Waals surface area contributed by atoms with Crippen molar-refractivity contribution in [3.63, 3.8) is 0 Å². The molecule has 1 aromatic heterocycles. The third-order valence-electron chi connectivity index (χ3n) is 3.81. The third-order valence-corrected chi connectivity index (χ3v) is 3.81. The van der Waals surface area contributed by atoms with Gasteiger partial charge in [0.1, 0.15) is 0 Å². The second kappa shape index (κ2) is 6.68. The quantitative estimate of drug-likeness (QED) is 0.606. The highest BCUT2D eigenvalue weighted by molar-refractivity contribution is 5.93. The molecule has 8 heteroatoms. The number of aromatic nitrogens is 1. The van der Waals surface area contributed by atoms with E-state index in [-0.39, 0.29) is 11.7 Å². The van der Waals surface area contributed by atoms with Gasteiger partial charge in [0.2, 0.25) is 0 Å². The molecular formula is C13H21N5O3. The van der Waals surface area contributed by atoms with Gasteiger partial charge in [-0.1, -0.05) is 0 Å². The van der Waals surface area contributed by atoms with Crippen LogP contribution in [0.1, 0.15) is 10.5 Å². The van der Waals surface area contributed by atoms with Crippen LogP contribution in [0.15, 0.2) is 12.1 Å². The average molecular weight is 295 g/mol. The number of carbonyl (C=O) groups excluding carboxylic acids is 1. The Morgan fingerprint density at radius 2 is 2.10 bits per heavy atom. The summed E-state index contributed by atoms with van der Waals surface area (Å²) in [6, 6.07) is 2.86. The Bertz CT molecular complexity index is 522. The predicted molar refractivity (Wildman–Crippen MR) is 78.3 cm³/mol. The Labute approximate surface area is 123 Å². The lowest BCUT2D eigenvalue weighted by Crippen LogP contribution is -2.46. The number of nitro groups is 1. The molecule has 21 heavy (non-hydrogen) atoms. The Balaban J connectivity index is 1.94. The van der Waals surface area contributed by atoms with E-state index in [2.05, 4.69) is 10.2 Å². The maximum atomic E-state index is 12.3. The van der Waals surface area contributed by atoms with Crippen molar-refractivity contribution in [2.75, 3.05) is 46.3 Å². The fraction of sp³-hybridized carbons (Fsp3) is 0.615. The average Bonchev–Trinajstić information content (AvgIpc) is 2.87. The van der Waals surface area contributed by atoms with Gasteiger partial charge in [-0.3, -0.25) is 9.69 Å². The zero-order valence-corrected chi connectivity index (χ0v) is 12.4. The first-order valence-electron chi connectivity index (χ1n) is 6.99. The molecular weight excluding hydrogens is 274 g/mol. The van der Waals surface area contributed by atoms with Crippen LogP contribution in [0, 0.1) is 10.1 Å². The highest BCUT2D eigenvalue weighted by Crippen LogP contribution is 2.16. The minimum atomic E-state index is -0.489. The lowest BCUT2D eigenvalue weighted by molar-refractivity contribution is -0.391. The minimum absolute atomic E-state index is 0.0751. The summed E-state index contributed by atoms with van der Waals surface area (Å²) in [4.78, 5) is 26.6. The number of rotatable bonds is 5. The molecule has 8 nitrogen and oxygen atoms in total. The second-order valence-electron chi connectivity index (χ2n) is 5.21. The highest BCUT2D eigenvalue weighted by Gasteiger charge is 2.23. The Morgan fingerprint density at radius 1 is 1.43 bits per heavy atom. The summed E-state index contributed by atoms with van der Waals surface area (Å²) in [5, 5.41) is 14.1. The molecule has 1 amide bonds. The van der Waals surface area contributed by atoms with Gasteiger partial charge >= 0.3 is 5.82 Å². The van der Waals surface area contributed by atoms with E-state index in [1.807, 2.05) is 0 Å². The van der Waals surface area contributed by atoms with E-state index in [1.54, 1.807) is 11.9 Å². The highest BCUT2D eigenvalue weighted by atomic mass is 16.6. The molecule has 0 radical (unpaired) electrons. The lowest BCUT2D eigenvalue weighted by Gasteiger charge is -2.28. The maximum Gasteiger partial charge on any atom is 0.323 e. The fourth-order valence-corrected chi connectivity index (χ4v) is 2.42. The molecule has 0 aromatic carbocycles. The Hall–Kier alpha value is -1.93. The number of amides is 1. The third kappa shape index (κ3) is 3.59. The van der Waals surface area contributed by atoms with Crippen molar-refractivity contribution in [2.24, 2.45) is 7.05 Å². The van der Waals surface area contributed by atoms with Crippen LogP contribution in [0.5, 0.6) is 0 Å². The van der Waals surface area contributed by atoms with Gasteiger partial charge in [-0.25, -0.2) is 4.57 Å². The van der Waals surface area contributed by atoms with Crippen molar-refractivity contribution >= 4 is 11.7 Å². The topological polar surface area (TPSA) is 83.7 Å². The van der Waals surface area contributed by atoms with Gasteiger partial charge in [0.15, 0.2) is 5.69 Å². The van der Waals surface area contributed by atoms with E-state index in [4.69, 9.17) is 0 Å². The van der Waals surface area contributed by atoms with E-state index in [9.17, 15) is 14.9 Å². The van der Waals surface area contributed by atoms with Crippen LogP contribution in [0.25, 0.3) is 0 Å². The molecule has 116 valence electrons. The fourth-order valence-electron chi connectivity index (χ4n) is 2.42. The van der Waals surface area contributed by atoms with Crippen molar-refractivity contribution in [1.29, 1.82) is 0 Å². The maximum absolute atomic E-state index is 12.3. The van der Waals surface area contributed by atoms with Crippen molar-refractivity contribution in [3.8, 4) is 0 Å². The number of piperazine rings is 1. The second-order valence-corrected chi connectivity index (χ2v) is 5.21. The molecule has 1 aromatic rings. The summed E-state index contributed by atoms with van der Waals surface area (Å²) in [7, 11) is 3.26. The summed E-state index contributed by atoms with van der Waals surface area (Å²) in [6.07, 6.45) is 0. The molecule has 2 rings (SSSR count). The van der Waals surface area contributed by atoms with Crippen molar-refractivity contribution < 1.29 is 9.72 Å². The van der Waals surface area contributed by atoms with Crippen LogP contribution in [0.2, 0.25) is 0 Å². The predicted octanol–water partition coefficient (Wildman–Crippen LogP) is -0.0895. The summed E-state index contributed by atoms with van der Waals surface area (Å²) in [5.41, 5.74) is 0.338. The molecule has 0 unspecified atom stereocenters. The van der Waals surface area contributed by atoms with E-state index in [0.717, 1.165) is 32.7 Å². The normalized spacial score (nSPS) is 15.9.